The maximum atomic E-state index is 13.4. The number of halogens is 3. The number of aromatic nitrogens is 1. The first-order chi connectivity index (χ1) is 15.7. The number of amides is 2. The average molecular weight is 478 g/mol. The van der Waals surface area contributed by atoms with E-state index in [1.54, 1.807) is 26.8 Å². The lowest BCUT2D eigenvalue weighted by Gasteiger charge is -2.35. The Morgan fingerprint density at radius 1 is 1.21 bits per heavy atom. The Kier molecular flexibility index (Phi) is 6.30. The van der Waals surface area contributed by atoms with E-state index in [0.717, 1.165) is 12.1 Å². The van der Waals surface area contributed by atoms with Gasteiger partial charge >= 0.3 is 6.18 Å². The number of carbonyl (C=O) groups is 2. The molecular formula is C22H22F3N5O2S. The molecule has 7 nitrogen and oxygen atoms in total. The Labute approximate surface area is 192 Å². The fourth-order valence-electron chi connectivity index (χ4n) is 4.89. The number of benzene rings is 1. The van der Waals surface area contributed by atoms with Crippen molar-refractivity contribution in [2.45, 2.75) is 19.0 Å². The molecule has 0 unspecified atom stereocenters. The van der Waals surface area contributed by atoms with Gasteiger partial charge in [0.2, 0.25) is 5.91 Å². The van der Waals surface area contributed by atoms with Crippen LogP contribution < -0.4 is 10.6 Å². The summed E-state index contributed by atoms with van der Waals surface area (Å²) in [4.78, 5) is 32.3. The van der Waals surface area contributed by atoms with E-state index < -0.39 is 29.1 Å². The number of piperidine rings is 1. The quantitative estimate of drug-likeness (QED) is 0.729. The van der Waals surface area contributed by atoms with E-state index in [0.29, 0.717) is 43.9 Å². The van der Waals surface area contributed by atoms with Crippen LogP contribution in [-0.4, -0.2) is 47.9 Å². The number of carbonyl (C=O) groups excluding carboxylic acids is 2. The highest BCUT2D eigenvalue weighted by Gasteiger charge is 2.43. The summed E-state index contributed by atoms with van der Waals surface area (Å²) in [6, 6.07) is 5.18. The highest BCUT2D eigenvalue weighted by molar-refractivity contribution is 7.07. The molecule has 2 aromatic rings. The minimum Gasteiger partial charge on any atom is -0.370 e. The summed E-state index contributed by atoms with van der Waals surface area (Å²) >= 11 is 1.36. The molecule has 1 aromatic heterocycles. The van der Waals surface area contributed by atoms with Gasteiger partial charge in [-0.15, -0.1) is 11.3 Å². The second kappa shape index (κ2) is 9.02. The Morgan fingerprint density at radius 2 is 1.94 bits per heavy atom. The number of nitrogens with two attached hydrogens (primary N) is 1. The van der Waals surface area contributed by atoms with Gasteiger partial charge in [0.1, 0.15) is 5.69 Å². The zero-order valence-electron chi connectivity index (χ0n) is 17.6. The molecule has 4 rings (SSSR count). The van der Waals surface area contributed by atoms with Crippen molar-refractivity contribution in [3.8, 4) is 6.07 Å². The lowest BCUT2D eigenvalue weighted by atomic mass is 9.78. The van der Waals surface area contributed by atoms with Gasteiger partial charge in [0.15, 0.2) is 0 Å². The van der Waals surface area contributed by atoms with Crippen LogP contribution >= 0.6 is 11.3 Å². The number of alkyl halides is 3. The van der Waals surface area contributed by atoms with Crippen molar-refractivity contribution in [2.24, 2.45) is 23.5 Å². The number of thiazole rings is 1. The number of nitrogens with zero attached hydrogens (tertiary/aromatic N) is 4. The lowest BCUT2D eigenvalue weighted by molar-refractivity contribution is -0.137. The van der Waals surface area contributed by atoms with Crippen LogP contribution in [0.2, 0.25) is 0 Å². The van der Waals surface area contributed by atoms with E-state index in [1.807, 2.05) is 0 Å². The van der Waals surface area contributed by atoms with Crippen LogP contribution in [0.5, 0.6) is 0 Å². The van der Waals surface area contributed by atoms with Gasteiger partial charge in [-0.05, 0) is 42.9 Å². The molecule has 2 amide bonds. The molecule has 3 heterocycles. The zero-order chi connectivity index (χ0) is 23.8. The van der Waals surface area contributed by atoms with Gasteiger partial charge in [-0.25, -0.2) is 4.98 Å². The summed E-state index contributed by atoms with van der Waals surface area (Å²) in [5.41, 5.74) is 6.57. The van der Waals surface area contributed by atoms with Gasteiger partial charge in [-0.2, -0.15) is 18.4 Å². The van der Waals surface area contributed by atoms with E-state index in [-0.39, 0.29) is 24.3 Å². The highest BCUT2D eigenvalue weighted by Crippen LogP contribution is 2.40. The zero-order valence-corrected chi connectivity index (χ0v) is 18.4. The molecule has 33 heavy (non-hydrogen) atoms. The molecule has 2 aliphatic heterocycles. The molecule has 174 valence electrons. The predicted molar refractivity (Wildman–Crippen MR) is 115 cm³/mol. The standard InChI is InChI=1S/C22H22F3N5O2S/c23-22(24,25)18-7-15(2-1-14(18)8-26)30-9-16(17(10-30)20(27)31)13-3-5-29(6-4-13)21(32)19-11-33-12-28-19/h1-2,7,11-13,16-17H,3-6,9-10H2,(H2,27,31)/t16-,17+/m0/s1. The summed E-state index contributed by atoms with van der Waals surface area (Å²) in [6.45, 7) is 1.67. The fraction of sp³-hybridized carbons (Fsp3) is 0.455. The van der Waals surface area contributed by atoms with Crippen molar-refractivity contribution in [2.75, 3.05) is 31.1 Å². The van der Waals surface area contributed by atoms with Crippen LogP contribution in [0.25, 0.3) is 0 Å². The highest BCUT2D eigenvalue weighted by atomic mass is 32.1. The minimum atomic E-state index is -4.65. The van der Waals surface area contributed by atoms with Crippen LogP contribution in [0.1, 0.15) is 34.5 Å². The summed E-state index contributed by atoms with van der Waals surface area (Å²) < 4.78 is 40.2. The van der Waals surface area contributed by atoms with Crippen molar-refractivity contribution in [1.82, 2.24) is 9.88 Å². The minimum absolute atomic E-state index is 0.118. The van der Waals surface area contributed by atoms with Gasteiger partial charge in [0, 0.05) is 37.2 Å². The number of hydrogen-bond donors (Lipinski definition) is 1. The molecule has 0 saturated carbocycles. The molecule has 1 aromatic carbocycles. The number of primary amides is 1. The number of hydrogen-bond acceptors (Lipinski definition) is 6. The van der Waals surface area contributed by atoms with Crippen LogP contribution in [0, 0.1) is 29.1 Å². The van der Waals surface area contributed by atoms with Crippen LogP contribution in [0.15, 0.2) is 29.1 Å². The van der Waals surface area contributed by atoms with Gasteiger partial charge in [-0.1, -0.05) is 0 Å². The van der Waals surface area contributed by atoms with E-state index in [9.17, 15) is 22.8 Å². The lowest BCUT2D eigenvalue weighted by Crippen LogP contribution is -2.42. The molecule has 0 spiro atoms. The molecule has 11 heteroatoms. The molecule has 0 bridgehead atoms. The first-order valence-electron chi connectivity index (χ1n) is 10.5. The third kappa shape index (κ3) is 4.66. The SMILES string of the molecule is N#Cc1ccc(N2C[C@@H](C(N)=O)[C@H](C3CCN(C(=O)c4cscn4)CC3)C2)cc1C(F)(F)F. The Hall–Kier alpha value is -3.13. The Morgan fingerprint density at radius 3 is 2.52 bits per heavy atom. The van der Waals surface area contributed by atoms with Gasteiger partial charge in [-0.3, -0.25) is 9.59 Å². The van der Waals surface area contributed by atoms with Crippen molar-refractivity contribution in [1.29, 1.82) is 5.26 Å². The predicted octanol–water partition coefficient (Wildman–Crippen LogP) is 3.12. The van der Waals surface area contributed by atoms with Crippen molar-refractivity contribution >= 4 is 28.8 Å². The summed E-state index contributed by atoms with van der Waals surface area (Å²) in [6.07, 6.45) is -3.29. The van der Waals surface area contributed by atoms with Crippen LogP contribution in [0.3, 0.4) is 0 Å². The largest absolute Gasteiger partial charge is 0.417 e. The normalized spacial score (nSPS) is 21.8. The van der Waals surface area contributed by atoms with E-state index in [2.05, 4.69) is 4.98 Å². The van der Waals surface area contributed by atoms with Crippen molar-refractivity contribution in [3.63, 3.8) is 0 Å². The maximum Gasteiger partial charge on any atom is 0.417 e. The Balaban J connectivity index is 1.49. The number of anilines is 1. The average Bonchev–Trinajstić information content (AvgIpc) is 3.48. The number of nitriles is 1. The summed E-state index contributed by atoms with van der Waals surface area (Å²) in [5.74, 6) is -1.10. The van der Waals surface area contributed by atoms with Gasteiger partial charge < -0.3 is 15.5 Å². The Bertz CT molecular complexity index is 1070. The maximum absolute atomic E-state index is 13.4. The molecule has 0 radical (unpaired) electrons. The molecule has 2 aliphatic rings. The molecular weight excluding hydrogens is 455 g/mol. The van der Waals surface area contributed by atoms with Crippen LogP contribution in [0.4, 0.5) is 18.9 Å². The van der Waals surface area contributed by atoms with E-state index in [1.165, 1.54) is 17.4 Å². The third-order valence-corrected chi connectivity index (χ3v) is 7.19. The molecule has 2 saturated heterocycles. The van der Waals surface area contributed by atoms with Gasteiger partial charge in [0.25, 0.3) is 5.91 Å². The number of likely N-dealkylation sites (tertiary alicyclic amines) is 1. The monoisotopic (exact) mass is 477 g/mol. The van der Waals surface area contributed by atoms with E-state index in [4.69, 9.17) is 11.0 Å². The van der Waals surface area contributed by atoms with E-state index >= 15 is 0 Å². The topological polar surface area (TPSA) is 103 Å². The second-order valence-corrected chi connectivity index (χ2v) is 9.14. The fourth-order valence-corrected chi connectivity index (χ4v) is 5.42. The summed E-state index contributed by atoms with van der Waals surface area (Å²) in [7, 11) is 0. The third-order valence-electron chi connectivity index (χ3n) is 6.61. The molecule has 0 aliphatic carbocycles. The summed E-state index contributed by atoms with van der Waals surface area (Å²) in [5, 5.41) is 10.7. The second-order valence-electron chi connectivity index (χ2n) is 8.42. The smallest absolute Gasteiger partial charge is 0.370 e. The molecule has 2 N–H and O–H groups in total. The molecule has 2 atom stereocenters. The van der Waals surface area contributed by atoms with Crippen LogP contribution in [-0.2, 0) is 11.0 Å². The van der Waals surface area contributed by atoms with Crippen molar-refractivity contribution in [3.05, 3.63) is 45.9 Å². The number of rotatable bonds is 4. The van der Waals surface area contributed by atoms with Gasteiger partial charge in [0.05, 0.1) is 28.6 Å². The first-order valence-corrected chi connectivity index (χ1v) is 11.5. The van der Waals surface area contributed by atoms with Crippen molar-refractivity contribution < 1.29 is 22.8 Å². The first kappa shape index (κ1) is 23.0. The molecule has 2 fully saturated rings.